The lowest BCUT2D eigenvalue weighted by molar-refractivity contribution is 0.00816. The lowest BCUT2D eigenvalue weighted by Gasteiger charge is -2.38. The first-order valence-electron chi connectivity index (χ1n) is 6.48. The first kappa shape index (κ1) is 12.4. The number of aliphatic hydroxyl groups excluding tert-OH is 1. The molecule has 0 aromatic heterocycles. The Morgan fingerprint density at radius 1 is 1.12 bits per heavy atom. The van der Waals surface area contributed by atoms with E-state index in [1.807, 2.05) is 24.3 Å². The molecule has 1 aliphatic carbocycles. The second-order valence-corrected chi connectivity index (χ2v) is 5.39. The SMILES string of the molecule is COc1ccc(C(O)C2(C)CCCCC2)cc1. The summed E-state index contributed by atoms with van der Waals surface area (Å²) in [6.07, 6.45) is 5.69. The molecule has 1 aromatic rings. The Hall–Kier alpha value is -1.02. The van der Waals surface area contributed by atoms with E-state index in [1.54, 1.807) is 7.11 Å². The molecular weight excluding hydrogens is 212 g/mol. The molecule has 94 valence electrons. The van der Waals surface area contributed by atoms with E-state index >= 15 is 0 Å². The molecule has 1 aliphatic rings. The van der Waals surface area contributed by atoms with Gasteiger partial charge in [0.1, 0.15) is 5.75 Å². The molecule has 0 bridgehead atoms. The van der Waals surface area contributed by atoms with Crippen LogP contribution in [0.4, 0.5) is 0 Å². The summed E-state index contributed by atoms with van der Waals surface area (Å²) in [6, 6.07) is 7.79. The summed E-state index contributed by atoms with van der Waals surface area (Å²) >= 11 is 0. The summed E-state index contributed by atoms with van der Waals surface area (Å²) in [6.45, 7) is 2.21. The van der Waals surface area contributed by atoms with Gasteiger partial charge in [-0.3, -0.25) is 0 Å². The third-order valence-corrected chi connectivity index (χ3v) is 4.09. The monoisotopic (exact) mass is 234 g/mol. The van der Waals surface area contributed by atoms with Crippen LogP contribution in [0.25, 0.3) is 0 Å². The number of hydrogen-bond donors (Lipinski definition) is 1. The highest BCUT2D eigenvalue weighted by molar-refractivity contribution is 5.29. The summed E-state index contributed by atoms with van der Waals surface area (Å²) in [5.74, 6) is 0.842. The molecule has 1 saturated carbocycles. The van der Waals surface area contributed by atoms with E-state index in [4.69, 9.17) is 4.74 Å². The number of hydrogen-bond acceptors (Lipinski definition) is 2. The minimum atomic E-state index is -0.353. The van der Waals surface area contributed by atoms with Crippen molar-refractivity contribution in [1.82, 2.24) is 0 Å². The second-order valence-electron chi connectivity index (χ2n) is 5.39. The fraction of sp³-hybridized carbons (Fsp3) is 0.600. The fourth-order valence-corrected chi connectivity index (χ4v) is 2.82. The van der Waals surface area contributed by atoms with Crippen LogP contribution in [0, 0.1) is 5.41 Å². The van der Waals surface area contributed by atoms with Gasteiger partial charge in [0.15, 0.2) is 0 Å². The van der Waals surface area contributed by atoms with Gasteiger partial charge in [-0.05, 0) is 36.0 Å². The summed E-state index contributed by atoms with van der Waals surface area (Å²) in [4.78, 5) is 0. The van der Waals surface area contributed by atoms with Crippen molar-refractivity contribution in [3.63, 3.8) is 0 Å². The Morgan fingerprint density at radius 3 is 2.24 bits per heavy atom. The first-order valence-corrected chi connectivity index (χ1v) is 6.48. The van der Waals surface area contributed by atoms with Crippen molar-refractivity contribution in [2.24, 2.45) is 5.41 Å². The van der Waals surface area contributed by atoms with Gasteiger partial charge in [-0.2, -0.15) is 0 Å². The molecular formula is C15H22O2. The molecule has 17 heavy (non-hydrogen) atoms. The third kappa shape index (κ3) is 2.63. The molecule has 1 fully saturated rings. The largest absolute Gasteiger partial charge is 0.497 e. The molecule has 2 nitrogen and oxygen atoms in total. The molecule has 0 amide bonds. The van der Waals surface area contributed by atoms with Gasteiger partial charge < -0.3 is 9.84 Å². The quantitative estimate of drug-likeness (QED) is 0.864. The lowest BCUT2D eigenvalue weighted by Crippen LogP contribution is -2.28. The molecule has 1 unspecified atom stereocenters. The van der Waals surface area contributed by atoms with Gasteiger partial charge in [0, 0.05) is 0 Å². The van der Waals surface area contributed by atoms with Crippen molar-refractivity contribution < 1.29 is 9.84 Å². The van der Waals surface area contributed by atoms with Gasteiger partial charge in [-0.15, -0.1) is 0 Å². The highest BCUT2D eigenvalue weighted by Gasteiger charge is 2.35. The van der Waals surface area contributed by atoms with Crippen molar-refractivity contribution in [3.8, 4) is 5.75 Å². The van der Waals surface area contributed by atoms with Gasteiger partial charge >= 0.3 is 0 Å². The smallest absolute Gasteiger partial charge is 0.118 e. The van der Waals surface area contributed by atoms with E-state index < -0.39 is 0 Å². The first-order chi connectivity index (χ1) is 8.15. The topological polar surface area (TPSA) is 29.5 Å². The predicted molar refractivity (Wildman–Crippen MR) is 69.1 cm³/mol. The molecule has 2 rings (SSSR count). The molecule has 0 aliphatic heterocycles. The molecule has 2 heteroatoms. The number of ether oxygens (including phenoxy) is 1. The van der Waals surface area contributed by atoms with E-state index in [1.165, 1.54) is 19.3 Å². The number of aliphatic hydroxyl groups is 1. The summed E-state index contributed by atoms with van der Waals surface area (Å²) in [5, 5.41) is 10.5. The highest BCUT2D eigenvalue weighted by Crippen LogP contribution is 2.45. The van der Waals surface area contributed by atoms with Crippen LogP contribution in [0.2, 0.25) is 0 Å². The van der Waals surface area contributed by atoms with Crippen molar-refractivity contribution in [3.05, 3.63) is 29.8 Å². The van der Waals surface area contributed by atoms with Crippen LogP contribution in [0.1, 0.15) is 50.7 Å². The molecule has 1 atom stereocenters. The zero-order valence-electron chi connectivity index (χ0n) is 10.8. The van der Waals surface area contributed by atoms with Crippen LogP contribution < -0.4 is 4.74 Å². The van der Waals surface area contributed by atoms with Crippen LogP contribution in [-0.4, -0.2) is 12.2 Å². The predicted octanol–water partition coefficient (Wildman–Crippen LogP) is 3.70. The van der Waals surface area contributed by atoms with Gasteiger partial charge in [-0.1, -0.05) is 38.3 Å². The van der Waals surface area contributed by atoms with Gasteiger partial charge in [0.05, 0.1) is 13.2 Å². The Kier molecular flexibility index (Phi) is 3.72. The van der Waals surface area contributed by atoms with Crippen LogP contribution >= 0.6 is 0 Å². The standard InChI is InChI=1S/C15H22O2/c1-15(10-4-3-5-11-15)14(16)12-6-8-13(17-2)9-7-12/h6-9,14,16H,3-5,10-11H2,1-2H3. The molecule has 0 radical (unpaired) electrons. The van der Waals surface area contributed by atoms with Gasteiger partial charge in [0.25, 0.3) is 0 Å². The molecule has 1 N–H and O–H groups in total. The van der Waals surface area contributed by atoms with E-state index in [0.29, 0.717) is 0 Å². The molecule has 1 aromatic carbocycles. The highest BCUT2D eigenvalue weighted by atomic mass is 16.5. The van der Waals surface area contributed by atoms with E-state index in [2.05, 4.69) is 6.92 Å². The Bertz CT molecular complexity index is 350. The number of benzene rings is 1. The zero-order chi connectivity index (χ0) is 12.3. The summed E-state index contributed by atoms with van der Waals surface area (Å²) in [5.41, 5.74) is 1.06. The van der Waals surface area contributed by atoms with Crippen LogP contribution in [0.5, 0.6) is 5.75 Å². The second kappa shape index (κ2) is 5.09. The minimum Gasteiger partial charge on any atom is -0.497 e. The molecule has 0 spiro atoms. The number of methoxy groups -OCH3 is 1. The Labute approximate surface area is 104 Å². The van der Waals surface area contributed by atoms with Crippen LogP contribution in [-0.2, 0) is 0 Å². The average Bonchev–Trinajstić information content (AvgIpc) is 2.39. The fourth-order valence-electron chi connectivity index (χ4n) is 2.82. The summed E-state index contributed by atoms with van der Waals surface area (Å²) < 4.78 is 5.14. The van der Waals surface area contributed by atoms with Gasteiger partial charge in [0.2, 0.25) is 0 Å². The van der Waals surface area contributed by atoms with Gasteiger partial charge in [-0.25, -0.2) is 0 Å². The van der Waals surface area contributed by atoms with Crippen LogP contribution in [0.3, 0.4) is 0 Å². The number of rotatable bonds is 3. The molecule has 0 heterocycles. The normalized spacial score (nSPS) is 20.9. The third-order valence-electron chi connectivity index (χ3n) is 4.09. The van der Waals surface area contributed by atoms with Crippen molar-refractivity contribution in [2.75, 3.05) is 7.11 Å². The average molecular weight is 234 g/mol. The van der Waals surface area contributed by atoms with Crippen molar-refractivity contribution >= 4 is 0 Å². The summed E-state index contributed by atoms with van der Waals surface area (Å²) in [7, 11) is 1.66. The van der Waals surface area contributed by atoms with E-state index in [-0.39, 0.29) is 11.5 Å². The van der Waals surface area contributed by atoms with Crippen molar-refractivity contribution in [1.29, 1.82) is 0 Å². The minimum absolute atomic E-state index is 0.0485. The maximum absolute atomic E-state index is 10.5. The molecule has 0 saturated heterocycles. The maximum atomic E-state index is 10.5. The van der Waals surface area contributed by atoms with Crippen molar-refractivity contribution in [2.45, 2.75) is 45.1 Å². The Morgan fingerprint density at radius 2 is 1.71 bits per heavy atom. The zero-order valence-corrected chi connectivity index (χ0v) is 10.8. The van der Waals surface area contributed by atoms with E-state index in [9.17, 15) is 5.11 Å². The van der Waals surface area contributed by atoms with E-state index in [0.717, 1.165) is 24.2 Å². The maximum Gasteiger partial charge on any atom is 0.118 e. The van der Waals surface area contributed by atoms with Crippen LogP contribution in [0.15, 0.2) is 24.3 Å². The lowest BCUT2D eigenvalue weighted by atomic mass is 9.70. The Balaban J connectivity index is 2.14.